The first kappa shape index (κ1) is 14.6. The standard InChI is InChI=1S/C14H17NO2S/c1-11(18-2)10-15-14(17)13-8-4-3-6-12(13)7-5-9-16/h3-4,6,8,11,16H,9-10H2,1-2H3,(H,15,17). The summed E-state index contributed by atoms with van der Waals surface area (Å²) in [6.45, 7) is 2.48. The summed E-state index contributed by atoms with van der Waals surface area (Å²) in [4.78, 5) is 12.0. The number of aliphatic hydroxyl groups excluding tert-OH is 1. The first-order valence-electron chi connectivity index (χ1n) is 5.68. The molecule has 4 heteroatoms. The molecule has 0 radical (unpaired) electrons. The fraction of sp³-hybridized carbons (Fsp3) is 0.357. The van der Waals surface area contributed by atoms with Gasteiger partial charge in [0, 0.05) is 17.4 Å². The zero-order valence-electron chi connectivity index (χ0n) is 10.6. The van der Waals surface area contributed by atoms with Crippen LogP contribution in [0.2, 0.25) is 0 Å². The predicted molar refractivity (Wildman–Crippen MR) is 75.7 cm³/mol. The number of hydrogen-bond donors (Lipinski definition) is 2. The monoisotopic (exact) mass is 263 g/mol. The Kier molecular flexibility index (Phi) is 6.34. The van der Waals surface area contributed by atoms with Crippen LogP contribution in [0.4, 0.5) is 0 Å². The third kappa shape index (κ3) is 4.44. The molecule has 2 N–H and O–H groups in total. The van der Waals surface area contributed by atoms with Gasteiger partial charge in [-0.15, -0.1) is 0 Å². The van der Waals surface area contributed by atoms with Gasteiger partial charge in [0.05, 0.1) is 5.56 Å². The fourth-order valence-electron chi connectivity index (χ4n) is 1.34. The third-order valence-corrected chi connectivity index (χ3v) is 3.40. The van der Waals surface area contributed by atoms with E-state index in [1.165, 1.54) is 0 Å². The summed E-state index contributed by atoms with van der Waals surface area (Å²) in [5.74, 6) is 5.21. The van der Waals surface area contributed by atoms with Crippen LogP contribution in [0.5, 0.6) is 0 Å². The Labute approximate surface area is 112 Å². The van der Waals surface area contributed by atoms with E-state index in [9.17, 15) is 4.79 Å². The summed E-state index contributed by atoms with van der Waals surface area (Å²) >= 11 is 1.70. The highest BCUT2D eigenvalue weighted by atomic mass is 32.2. The van der Waals surface area contributed by atoms with Crippen molar-refractivity contribution < 1.29 is 9.90 Å². The smallest absolute Gasteiger partial charge is 0.252 e. The molecular formula is C14H17NO2S. The van der Waals surface area contributed by atoms with Gasteiger partial charge in [-0.2, -0.15) is 11.8 Å². The zero-order valence-corrected chi connectivity index (χ0v) is 11.4. The lowest BCUT2D eigenvalue weighted by atomic mass is 10.1. The number of hydrogen-bond acceptors (Lipinski definition) is 3. The van der Waals surface area contributed by atoms with Crippen molar-refractivity contribution in [1.82, 2.24) is 5.32 Å². The van der Waals surface area contributed by atoms with Crippen LogP contribution in [0.1, 0.15) is 22.8 Å². The minimum Gasteiger partial charge on any atom is -0.384 e. The Balaban J connectivity index is 2.79. The van der Waals surface area contributed by atoms with Crippen LogP contribution in [-0.4, -0.2) is 35.7 Å². The maximum atomic E-state index is 12.0. The summed E-state index contributed by atoms with van der Waals surface area (Å²) < 4.78 is 0. The van der Waals surface area contributed by atoms with E-state index in [0.29, 0.717) is 22.9 Å². The number of aliphatic hydroxyl groups is 1. The van der Waals surface area contributed by atoms with Gasteiger partial charge >= 0.3 is 0 Å². The molecular weight excluding hydrogens is 246 g/mol. The van der Waals surface area contributed by atoms with Crippen molar-refractivity contribution in [3.05, 3.63) is 35.4 Å². The SMILES string of the molecule is CSC(C)CNC(=O)c1ccccc1C#CCO. The van der Waals surface area contributed by atoms with Gasteiger partial charge in [0.15, 0.2) is 0 Å². The molecule has 3 nitrogen and oxygen atoms in total. The molecule has 0 heterocycles. The van der Waals surface area contributed by atoms with Crippen LogP contribution in [0.3, 0.4) is 0 Å². The molecule has 0 bridgehead atoms. The van der Waals surface area contributed by atoms with Gasteiger partial charge in [0.1, 0.15) is 6.61 Å². The minimum absolute atomic E-state index is 0.126. The van der Waals surface area contributed by atoms with Crippen molar-refractivity contribution >= 4 is 17.7 Å². The normalized spacial score (nSPS) is 11.3. The van der Waals surface area contributed by atoms with Crippen molar-refractivity contribution in [1.29, 1.82) is 0 Å². The number of carbonyl (C=O) groups excluding carboxylic acids is 1. The summed E-state index contributed by atoms with van der Waals surface area (Å²) in [5, 5.41) is 11.9. The number of nitrogens with one attached hydrogen (secondary N) is 1. The molecule has 0 aliphatic rings. The van der Waals surface area contributed by atoms with Crippen molar-refractivity contribution in [2.45, 2.75) is 12.2 Å². The lowest BCUT2D eigenvalue weighted by Gasteiger charge is -2.10. The summed E-state index contributed by atoms with van der Waals surface area (Å²) in [6, 6.07) is 7.13. The molecule has 1 aromatic rings. The summed E-state index contributed by atoms with van der Waals surface area (Å²) in [7, 11) is 0. The van der Waals surface area contributed by atoms with Crippen molar-refractivity contribution in [2.75, 3.05) is 19.4 Å². The molecule has 1 rings (SSSR count). The first-order chi connectivity index (χ1) is 8.69. The Bertz CT molecular complexity index is 462. The quantitative estimate of drug-likeness (QED) is 0.810. The van der Waals surface area contributed by atoms with E-state index in [4.69, 9.17) is 5.11 Å². The van der Waals surface area contributed by atoms with Crippen molar-refractivity contribution in [2.24, 2.45) is 0 Å². The number of benzene rings is 1. The number of thioether (sulfide) groups is 1. The highest BCUT2D eigenvalue weighted by Crippen LogP contribution is 2.08. The molecule has 0 fully saturated rings. The van der Waals surface area contributed by atoms with Gasteiger partial charge in [-0.3, -0.25) is 4.79 Å². The molecule has 1 atom stereocenters. The highest BCUT2D eigenvalue weighted by Gasteiger charge is 2.10. The predicted octanol–water partition coefficient (Wildman–Crippen LogP) is 1.51. The molecule has 1 unspecified atom stereocenters. The van der Waals surface area contributed by atoms with Gasteiger partial charge in [-0.05, 0) is 18.4 Å². The minimum atomic E-state index is -0.209. The lowest BCUT2D eigenvalue weighted by Crippen LogP contribution is -2.29. The molecule has 0 saturated heterocycles. The third-order valence-electron chi connectivity index (χ3n) is 2.43. The van der Waals surface area contributed by atoms with Gasteiger partial charge in [0.25, 0.3) is 5.91 Å². The molecule has 0 spiro atoms. The highest BCUT2D eigenvalue weighted by molar-refractivity contribution is 7.99. The molecule has 18 heavy (non-hydrogen) atoms. The van der Waals surface area contributed by atoms with E-state index in [2.05, 4.69) is 24.1 Å². The lowest BCUT2D eigenvalue weighted by molar-refractivity contribution is 0.0954. The van der Waals surface area contributed by atoms with E-state index in [-0.39, 0.29) is 12.5 Å². The zero-order chi connectivity index (χ0) is 13.4. The maximum Gasteiger partial charge on any atom is 0.252 e. The first-order valence-corrected chi connectivity index (χ1v) is 6.97. The van der Waals surface area contributed by atoms with Crippen molar-refractivity contribution in [3.8, 4) is 11.8 Å². The fourth-order valence-corrected chi connectivity index (χ4v) is 1.59. The summed E-state index contributed by atoms with van der Waals surface area (Å²) in [6.07, 6.45) is 2.01. The van der Waals surface area contributed by atoms with Crippen LogP contribution < -0.4 is 5.32 Å². The van der Waals surface area contributed by atoms with Gasteiger partial charge < -0.3 is 10.4 Å². The Hall–Kier alpha value is -1.44. The van der Waals surface area contributed by atoms with Crippen LogP contribution in [0.25, 0.3) is 0 Å². The van der Waals surface area contributed by atoms with E-state index >= 15 is 0 Å². The second kappa shape index (κ2) is 7.80. The van der Waals surface area contributed by atoms with Gasteiger partial charge in [0.2, 0.25) is 0 Å². The van der Waals surface area contributed by atoms with Crippen LogP contribution in [-0.2, 0) is 0 Å². The van der Waals surface area contributed by atoms with E-state index in [1.807, 2.05) is 12.3 Å². The molecule has 0 aromatic heterocycles. The topological polar surface area (TPSA) is 49.3 Å². The van der Waals surface area contributed by atoms with E-state index < -0.39 is 0 Å². The summed E-state index contributed by atoms with van der Waals surface area (Å²) in [5.41, 5.74) is 1.19. The van der Waals surface area contributed by atoms with Crippen LogP contribution in [0, 0.1) is 11.8 Å². The molecule has 96 valence electrons. The Morgan fingerprint density at radius 3 is 2.89 bits per heavy atom. The molecule has 0 aliphatic heterocycles. The second-order valence-electron chi connectivity index (χ2n) is 3.76. The maximum absolute atomic E-state index is 12.0. The average Bonchev–Trinajstić information content (AvgIpc) is 2.42. The van der Waals surface area contributed by atoms with Crippen LogP contribution in [0.15, 0.2) is 24.3 Å². The average molecular weight is 263 g/mol. The largest absolute Gasteiger partial charge is 0.384 e. The number of carbonyl (C=O) groups is 1. The molecule has 0 saturated carbocycles. The second-order valence-corrected chi connectivity index (χ2v) is 5.04. The molecule has 1 aromatic carbocycles. The van der Waals surface area contributed by atoms with E-state index in [1.54, 1.807) is 30.0 Å². The Morgan fingerprint density at radius 2 is 2.22 bits per heavy atom. The van der Waals surface area contributed by atoms with Crippen molar-refractivity contribution in [3.63, 3.8) is 0 Å². The van der Waals surface area contributed by atoms with Gasteiger partial charge in [-0.1, -0.05) is 30.9 Å². The Morgan fingerprint density at radius 1 is 1.50 bits per heavy atom. The van der Waals surface area contributed by atoms with Gasteiger partial charge in [-0.25, -0.2) is 0 Å². The van der Waals surface area contributed by atoms with E-state index in [0.717, 1.165) is 0 Å². The molecule has 1 amide bonds. The number of rotatable bonds is 4. The molecule has 0 aliphatic carbocycles. The van der Waals surface area contributed by atoms with Crippen LogP contribution >= 0.6 is 11.8 Å². The number of amides is 1.